The summed E-state index contributed by atoms with van der Waals surface area (Å²) in [7, 11) is -11.2. The van der Waals surface area contributed by atoms with Crippen LogP contribution in [0.3, 0.4) is 0 Å². The molecule has 1 aromatic heterocycles. The van der Waals surface area contributed by atoms with E-state index >= 15 is 0 Å². The minimum Gasteiger partial charge on any atom is -0.379 e. The van der Waals surface area contributed by atoms with Crippen LogP contribution in [0.4, 0.5) is 7.77 Å². The van der Waals surface area contributed by atoms with E-state index in [1.54, 1.807) is 11.4 Å². The Morgan fingerprint density at radius 1 is 1.03 bits per heavy atom. The zero-order chi connectivity index (χ0) is 22.3. The van der Waals surface area contributed by atoms with Crippen LogP contribution in [0.5, 0.6) is 0 Å². The molecule has 0 N–H and O–H groups in total. The van der Waals surface area contributed by atoms with Gasteiger partial charge in [-0.15, -0.1) is 7.77 Å². The molecule has 0 radical (unpaired) electrons. The Labute approximate surface area is 174 Å². The van der Waals surface area contributed by atoms with Gasteiger partial charge < -0.3 is 4.13 Å². The smallest absolute Gasteiger partial charge is 0.244 e. The number of aryl methyl sites for hydroxylation is 1. The average Bonchev–Trinajstić information content (AvgIpc) is 2.85. The van der Waals surface area contributed by atoms with E-state index in [1.807, 2.05) is 0 Å². The molecule has 0 saturated heterocycles. The Hall–Kier alpha value is -1.07. The molecule has 0 aliphatic heterocycles. The van der Waals surface area contributed by atoms with Crippen molar-refractivity contribution >= 4 is 20.8 Å². The molecule has 170 valence electrons. The Balaban J connectivity index is 0.000000396. The highest BCUT2D eigenvalue weighted by molar-refractivity contribution is 8.07. The van der Waals surface area contributed by atoms with Gasteiger partial charge in [-0.25, -0.2) is 26.0 Å². The van der Waals surface area contributed by atoms with Gasteiger partial charge in [0.2, 0.25) is 27.1 Å². The Morgan fingerprint density at radius 2 is 1.62 bits per heavy atom. The van der Waals surface area contributed by atoms with Crippen LogP contribution >= 0.6 is 0 Å². The largest absolute Gasteiger partial charge is 0.379 e. The lowest BCUT2D eigenvalue weighted by Crippen LogP contribution is -2.42. The number of hydrogen-bond donors (Lipinski definition) is 0. The molecule has 0 bridgehead atoms. The first-order chi connectivity index (χ1) is 13.2. The quantitative estimate of drug-likeness (QED) is 0.334. The van der Waals surface area contributed by atoms with E-state index in [9.17, 15) is 24.6 Å². The monoisotopic (exact) mass is 457 g/mol. The third-order valence-electron chi connectivity index (χ3n) is 4.46. The van der Waals surface area contributed by atoms with Gasteiger partial charge in [-0.3, -0.25) is 0 Å². The van der Waals surface area contributed by atoms with Gasteiger partial charge >= 0.3 is 0 Å². The van der Waals surface area contributed by atoms with Crippen molar-refractivity contribution < 1.29 is 29.2 Å². The molecule has 0 spiro atoms. The summed E-state index contributed by atoms with van der Waals surface area (Å²) in [5.41, 5.74) is 3.63. The number of unbranched alkanes of at least 4 members (excludes halogenated alkanes) is 3. The molecule has 1 aliphatic carbocycles. The van der Waals surface area contributed by atoms with Crippen molar-refractivity contribution in [2.24, 2.45) is 5.41 Å². The maximum absolute atomic E-state index is 11.1. The van der Waals surface area contributed by atoms with Gasteiger partial charge in [0, 0.05) is 12.8 Å². The number of nitrogens with zero attached hydrogens (tertiary/aromatic N) is 3. The van der Waals surface area contributed by atoms with E-state index in [0.717, 1.165) is 10.7 Å². The molecule has 0 unspecified atom stereocenters. The molecule has 0 atom stereocenters. The van der Waals surface area contributed by atoms with E-state index in [1.165, 1.54) is 57.9 Å². The van der Waals surface area contributed by atoms with Gasteiger partial charge in [-0.2, -0.15) is 0 Å². The molecule has 29 heavy (non-hydrogen) atoms. The molecule has 0 amide bonds. The fraction of sp³-hybridized carbons (Fsp3) is 0.833. The molecule has 11 heteroatoms. The van der Waals surface area contributed by atoms with Crippen LogP contribution in [0.15, 0.2) is 6.33 Å². The molecule has 0 fully saturated rings. The summed E-state index contributed by atoms with van der Waals surface area (Å²) >= 11 is 0. The molecule has 7 nitrogen and oxygen atoms in total. The van der Waals surface area contributed by atoms with Gasteiger partial charge in [0.1, 0.15) is 11.4 Å². The summed E-state index contributed by atoms with van der Waals surface area (Å²) in [5, 5.41) is 0. The predicted molar refractivity (Wildman–Crippen MR) is 108 cm³/mol. The van der Waals surface area contributed by atoms with Crippen molar-refractivity contribution in [3.8, 4) is 0 Å². The van der Waals surface area contributed by atoms with Crippen LogP contribution in [0.25, 0.3) is 4.13 Å². The van der Waals surface area contributed by atoms with Crippen LogP contribution in [0, 0.1) is 5.41 Å². The molecular formula is C18H33F2N3O4S2. The fourth-order valence-corrected chi connectivity index (χ4v) is 4.31. The highest BCUT2D eigenvalue weighted by Gasteiger charge is 2.27. The minimum atomic E-state index is -5.62. The van der Waals surface area contributed by atoms with Gasteiger partial charge in [0.15, 0.2) is 0 Å². The number of fused-ring (bicyclic) bond motifs is 1. The van der Waals surface area contributed by atoms with E-state index < -0.39 is 20.8 Å². The van der Waals surface area contributed by atoms with Gasteiger partial charge in [-0.05, 0) is 31.1 Å². The maximum Gasteiger partial charge on any atom is 0.244 e. The molecule has 1 heterocycles. The number of rotatable bonds is 8. The summed E-state index contributed by atoms with van der Waals surface area (Å²) in [6.45, 7) is 11.7. The number of hydrogen-bond acceptors (Lipinski definition) is 4. The zero-order valence-electron chi connectivity index (χ0n) is 17.7. The standard InChI is InChI=1S/C18H33N2.F2NO4S2/c1-5-6-7-10-13-19-15-20(14-18(2,3)4)17-12-9-8-11-16(17)19;1-8(4,5)3-9(2,6)7/h15H,5-14H2,1-4H3;/q+1;-1. The molecular weight excluding hydrogens is 424 g/mol. The Bertz CT molecular complexity index is 830. The van der Waals surface area contributed by atoms with Crippen molar-refractivity contribution in [1.29, 1.82) is 0 Å². The van der Waals surface area contributed by atoms with Crippen molar-refractivity contribution in [3.05, 3.63) is 21.8 Å². The number of aromatic nitrogens is 2. The topological polar surface area (TPSA) is 91.2 Å². The zero-order valence-corrected chi connectivity index (χ0v) is 19.3. The first kappa shape index (κ1) is 26.0. The van der Waals surface area contributed by atoms with Crippen LogP contribution < -0.4 is 4.57 Å². The first-order valence-corrected chi connectivity index (χ1v) is 12.6. The van der Waals surface area contributed by atoms with E-state index in [0.29, 0.717) is 5.41 Å². The fourth-order valence-electron chi connectivity index (χ4n) is 3.46. The summed E-state index contributed by atoms with van der Waals surface area (Å²) in [5.74, 6) is 0. The van der Waals surface area contributed by atoms with Crippen molar-refractivity contribution in [2.45, 2.75) is 92.2 Å². The van der Waals surface area contributed by atoms with Gasteiger partial charge in [0.05, 0.1) is 13.1 Å². The Kier molecular flexibility index (Phi) is 9.68. The normalized spacial score (nSPS) is 14.8. The second-order valence-electron chi connectivity index (χ2n) is 8.56. The highest BCUT2D eigenvalue weighted by Crippen LogP contribution is 2.22. The third-order valence-corrected chi connectivity index (χ3v) is 5.88. The summed E-state index contributed by atoms with van der Waals surface area (Å²) in [4.78, 5) is 0. The molecule has 2 rings (SSSR count). The molecule has 1 aromatic rings. The van der Waals surface area contributed by atoms with Crippen molar-refractivity contribution in [2.75, 3.05) is 0 Å². The minimum absolute atomic E-state index is 0.365. The third kappa shape index (κ3) is 11.0. The first-order valence-electron chi connectivity index (χ1n) is 9.95. The highest BCUT2D eigenvalue weighted by atomic mass is 32.3. The average molecular weight is 458 g/mol. The molecule has 0 saturated carbocycles. The van der Waals surface area contributed by atoms with Crippen LogP contribution in [-0.4, -0.2) is 21.4 Å². The SMILES string of the molecule is CCCCCCn1c[n+](CC(C)(C)C)c2c1CCCC2.O=S(=O)(F)[N-]S(=O)(=O)F. The van der Waals surface area contributed by atoms with Crippen LogP contribution in [0.2, 0.25) is 0 Å². The second-order valence-corrected chi connectivity index (χ2v) is 10.8. The summed E-state index contributed by atoms with van der Waals surface area (Å²) < 4.78 is 65.2. The molecule has 1 aliphatic rings. The van der Waals surface area contributed by atoms with Crippen molar-refractivity contribution in [3.63, 3.8) is 0 Å². The lowest BCUT2D eigenvalue weighted by atomic mass is 9.95. The summed E-state index contributed by atoms with van der Waals surface area (Å²) in [6, 6.07) is 0. The van der Waals surface area contributed by atoms with E-state index in [-0.39, 0.29) is 0 Å². The predicted octanol–water partition coefficient (Wildman–Crippen LogP) is 4.07. The maximum atomic E-state index is 11.1. The van der Waals surface area contributed by atoms with Gasteiger partial charge in [0.25, 0.3) is 0 Å². The van der Waals surface area contributed by atoms with Crippen molar-refractivity contribution in [1.82, 2.24) is 4.57 Å². The van der Waals surface area contributed by atoms with E-state index in [2.05, 4.69) is 43.2 Å². The number of imidazole rings is 1. The Morgan fingerprint density at radius 3 is 2.10 bits per heavy atom. The van der Waals surface area contributed by atoms with Crippen LogP contribution in [-0.2, 0) is 46.7 Å². The second kappa shape index (κ2) is 10.8. The van der Waals surface area contributed by atoms with Gasteiger partial charge in [-0.1, -0.05) is 40.5 Å². The van der Waals surface area contributed by atoms with E-state index in [4.69, 9.17) is 0 Å². The lowest BCUT2D eigenvalue weighted by Gasteiger charge is -2.17. The lowest BCUT2D eigenvalue weighted by molar-refractivity contribution is -0.714. The molecule has 0 aromatic carbocycles. The number of halogens is 2. The summed E-state index contributed by atoms with van der Waals surface area (Å²) in [6.07, 6.45) is 13.2. The van der Waals surface area contributed by atoms with Crippen LogP contribution in [0.1, 0.15) is 77.6 Å².